The predicted molar refractivity (Wildman–Crippen MR) is 93.1 cm³/mol. The van der Waals surface area contributed by atoms with Crippen LogP contribution >= 0.6 is 0 Å². The molecule has 1 amide bonds. The van der Waals surface area contributed by atoms with E-state index in [1.807, 2.05) is 57.4 Å². The van der Waals surface area contributed by atoms with Gasteiger partial charge in [-0.05, 0) is 57.5 Å². The summed E-state index contributed by atoms with van der Waals surface area (Å²) in [7, 11) is 0. The van der Waals surface area contributed by atoms with Gasteiger partial charge in [-0.3, -0.25) is 0 Å². The number of hydrogen-bond acceptors (Lipinski definition) is 3. The minimum Gasteiger partial charge on any atom is -0.444 e. The van der Waals surface area contributed by atoms with Crippen LogP contribution in [0.2, 0.25) is 0 Å². The fourth-order valence-corrected chi connectivity index (χ4v) is 2.11. The average Bonchev–Trinajstić information content (AvgIpc) is 2.99. The van der Waals surface area contributed by atoms with Crippen LogP contribution in [-0.4, -0.2) is 29.4 Å². The van der Waals surface area contributed by atoms with Gasteiger partial charge in [0.15, 0.2) is 0 Å². The number of anilines is 1. The summed E-state index contributed by atoms with van der Waals surface area (Å²) in [6.07, 6.45) is 4.49. The Hall–Kier alpha value is -2.43. The maximum absolute atomic E-state index is 11.5. The summed E-state index contributed by atoms with van der Waals surface area (Å²) in [5.74, 6) is 0. The van der Waals surface area contributed by atoms with Gasteiger partial charge in [0.2, 0.25) is 0 Å². The number of amides is 1. The van der Waals surface area contributed by atoms with E-state index in [9.17, 15) is 4.79 Å². The molecule has 0 aliphatic heterocycles. The Labute approximate surface area is 137 Å². The molecule has 0 aliphatic rings. The summed E-state index contributed by atoms with van der Waals surface area (Å²) in [4.78, 5) is 11.5. The zero-order valence-electron chi connectivity index (χ0n) is 14.0. The van der Waals surface area contributed by atoms with E-state index in [4.69, 9.17) is 4.74 Å². The van der Waals surface area contributed by atoms with Crippen molar-refractivity contribution in [2.45, 2.75) is 32.8 Å². The van der Waals surface area contributed by atoms with Crippen molar-refractivity contribution in [3.05, 3.63) is 48.8 Å². The number of ether oxygens (including phenoxy) is 1. The van der Waals surface area contributed by atoms with Crippen molar-refractivity contribution in [2.75, 3.05) is 18.4 Å². The molecule has 2 aromatic rings. The molecule has 2 N–H and O–H groups in total. The molecule has 5 heteroatoms. The van der Waals surface area contributed by atoms with Crippen LogP contribution in [-0.2, 0) is 4.74 Å². The fraction of sp³-hybridized carbons (Fsp3) is 0.389. The second-order valence-corrected chi connectivity index (χ2v) is 6.35. The Kier molecular flexibility index (Phi) is 5.68. The van der Waals surface area contributed by atoms with Gasteiger partial charge < -0.3 is 19.9 Å². The van der Waals surface area contributed by atoms with Gasteiger partial charge in [-0.2, -0.15) is 0 Å². The molecule has 0 spiro atoms. The van der Waals surface area contributed by atoms with Crippen molar-refractivity contribution in [1.82, 2.24) is 9.88 Å². The number of rotatable bonds is 6. The molecule has 1 aromatic carbocycles. The number of carbonyl (C=O) groups excluding carboxylic acids is 1. The molecular weight excluding hydrogens is 290 g/mol. The van der Waals surface area contributed by atoms with E-state index in [1.165, 1.54) is 0 Å². The molecule has 1 aromatic heterocycles. The lowest BCUT2D eigenvalue weighted by molar-refractivity contribution is 0.0528. The summed E-state index contributed by atoms with van der Waals surface area (Å²) in [6, 6.07) is 12.2. The third-order valence-corrected chi connectivity index (χ3v) is 3.10. The molecule has 0 bridgehead atoms. The SMILES string of the molecule is CC(C)(C)OC(=O)NCCCNc1cccc(-n2cccc2)c1. The quantitative estimate of drug-likeness (QED) is 0.797. The van der Waals surface area contributed by atoms with Crippen molar-refractivity contribution in [3.63, 3.8) is 0 Å². The Morgan fingerprint density at radius 3 is 2.57 bits per heavy atom. The van der Waals surface area contributed by atoms with Crippen LogP contribution in [0.3, 0.4) is 0 Å². The first-order valence-corrected chi connectivity index (χ1v) is 7.88. The molecule has 0 atom stereocenters. The van der Waals surface area contributed by atoms with Crippen LogP contribution in [0.25, 0.3) is 5.69 Å². The molecule has 124 valence electrons. The summed E-state index contributed by atoms with van der Waals surface area (Å²) in [5, 5.41) is 6.12. The Morgan fingerprint density at radius 1 is 1.13 bits per heavy atom. The summed E-state index contributed by atoms with van der Waals surface area (Å²) in [5.41, 5.74) is 1.72. The van der Waals surface area contributed by atoms with E-state index in [2.05, 4.69) is 27.3 Å². The zero-order chi connectivity index (χ0) is 16.7. The number of nitrogens with zero attached hydrogens (tertiary/aromatic N) is 1. The van der Waals surface area contributed by atoms with Gasteiger partial charge in [0.05, 0.1) is 0 Å². The third kappa shape index (κ3) is 6.06. The Balaban J connectivity index is 1.71. The number of carbonyl (C=O) groups is 1. The van der Waals surface area contributed by atoms with Crippen LogP contribution < -0.4 is 10.6 Å². The number of alkyl carbamates (subject to hydrolysis) is 1. The monoisotopic (exact) mass is 315 g/mol. The maximum Gasteiger partial charge on any atom is 0.407 e. The molecule has 0 saturated carbocycles. The van der Waals surface area contributed by atoms with Gasteiger partial charge in [0.25, 0.3) is 0 Å². The van der Waals surface area contributed by atoms with Gasteiger partial charge in [0.1, 0.15) is 5.60 Å². The van der Waals surface area contributed by atoms with Crippen molar-refractivity contribution in [1.29, 1.82) is 0 Å². The highest BCUT2D eigenvalue weighted by molar-refractivity contribution is 5.67. The van der Waals surface area contributed by atoms with Crippen LogP contribution in [0.4, 0.5) is 10.5 Å². The number of aromatic nitrogens is 1. The zero-order valence-corrected chi connectivity index (χ0v) is 14.0. The molecule has 0 saturated heterocycles. The lowest BCUT2D eigenvalue weighted by atomic mass is 10.2. The van der Waals surface area contributed by atoms with E-state index in [0.717, 1.165) is 24.3 Å². The largest absolute Gasteiger partial charge is 0.444 e. The molecule has 0 unspecified atom stereocenters. The molecular formula is C18H25N3O2. The maximum atomic E-state index is 11.5. The number of nitrogens with one attached hydrogen (secondary N) is 2. The van der Waals surface area contributed by atoms with Crippen molar-refractivity contribution < 1.29 is 9.53 Å². The second-order valence-electron chi connectivity index (χ2n) is 6.35. The van der Waals surface area contributed by atoms with Gasteiger partial charge in [-0.25, -0.2) is 4.79 Å². The number of hydrogen-bond donors (Lipinski definition) is 2. The van der Waals surface area contributed by atoms with Crippen LogP contribution in [0, 0.1) is 0 Å². The molecule has 5 nitrogen and oxygen atoms in total. The smallest absolute Gasteiger partial charge is 0.407 e. The fourth-order valence-electron chi connectivity index (χ4n) is 2.11. The minimum atomic E-state index is -0.457. The standard InChI is InChI=1S/C18H25N3O2/c1-18(2,3)23-17(22)20-11-7-10-19-15-8-6-9-16(14-15)21-12-4-5-13-21/h4-6,8-9,12-14,19H,7,10-11H2,1-3H3,(H,20,22). The van der Waals surface area contributed by atoms with Gasteiger partial charge in [0, 0.05) is 36.9 Å². The van der Waals surface area contributed by atoms with Crippen molar-refractivity contribution in [3.8, 4) is 5.69 Å². The highest BCUT2D eigenvalue weighted by Crippen LogP contribution is 2.14. The van der Waals surface area contributed by atoms with Crippen molar-refractivity contribution in [2.24, 2.45) is 0 Å². The normalized spacial score (nSPS) is 11.1. The van der Waals surface area contributed by atoms with Crippen molar-refractivity contribution >= 4 is 11.8 Å². The average molecular weight is 315 g/mol. The van der Waals surface area contributed by atoms with E-state index in [0.29, 0.717) is 6.54 Å². The van der Waals surface area contributed by atoms with E-state index < -0.39 is 5.60 Å². The first-order chi connectivity index (χ1) is 10.9. The predicted octanol–water partition coefficient (Wildman–Crippen LogP) is 3.80. The second kappa shape index (κ2) is 7.72. The summed E-state index contributed by atoms with van der Waals surface area (Å²) < 4.78 is 7.25. The van der Waals surface area contributed by atoms with Crippen LogP contribution in [0.15, 0.2) is 48.8 Å². The summed E-state index contributed by atoms with van der Waals surface area (Å²) in [6.45, 7) is 6.92. The third-order valence-electron chi connectivity index (χ3n) is 3.10. The highest BCUT2D eigenvalue weighted by atomic mass is 16.6. The van der Waals surface area contributed by atoms with E-state index in [1.54, 1.807) is 0 Å². The van der Waals surface area contributed by atoms with E-state index >= 15 is 0 Å². The number of benzene rings is 1. The Morgan fingerprint density at radius 2 is 1.87 bits per heavy atom. The lowest BCUT2D eigenvalue weighted by Crippen LogP contribution is -2.33. The highest BCUT2D eigenvalue weighted by Gasteiger charge is 2.15. The minimum absolute atomic E-state index is 0.368. The molecule has 23 heavy (non-hydrogen) atoms. The summed E-state index contributed by atoms with van der Waals surface area (Å²) >= 11 is 0. The topological polar surface area (TPSA) is 55.3 Å². The van der Waals surface area contributed by atoms with Gasteiger partial charge >= 0.3 is 6.09 Å². The van der Waals surface area contributed by atoms with Gasteiger partial charge in [-0.15, -0.1) is 0 Å². The first-order valence-electron chi connectivity index (χ1n) is 7.88. The molecule has 2 rings (SSSR count). The van der Waals surface area contributed by atoms with E-state index in [-0.39, 0.29) is 6.09 Å². The van der Waals surface area contributed by atoms with Crippen LogP contribution in [0.5, 0.6) is 0 Å². The lowest BCUT2D eigenvalue weighted by Gasteiger charge is -2.19. The first kappa shape index (κ1) is 16.9. The molecule has 1 heterocycles. The molecule has 0 aliphatic carbocycles. The van der Waals surface area contributed by atoms with Crippen LogP contribution in [0.1, 0.15) is 27.2 Å². The molecule has 0 fully saturated rings. The molecule has 0 radical (unpaired) electrons. The van der Waals surface area contributed by atoms with Gasteiger partial charge in [-0.1, -0.05) is 6.07 Å². The Bertz CT molecular complexity index is 615.